The molecule has 0 spiro atoms. The molecule has 2 aromatic heterocycles. The number of benzene rings is 1. The molecule has 4 nitrogen and oxygen atoms in total. The number of rotatable bonds is 3. The van der Waals surface area contributed by atoms with Crippen LogP contribution in [0.3, 0.4) is 0 Å². The molecule has 1 aliphatic carbocycles. The summed E-state index contributed by atoms with van der Waals surface area (Å²) in [6.45, 7) is 2.04. The Balaban J connectivity index is 1.78. The summed E-state index contributed by atoms with van der Waals surface area (Å²) in [4.78, 5) is 17.5. The Morgan fingerprint density at radius 2 is 2.00 bits per heavy atom. The third-order valence-corrected chi connectivity index (χ3v) is 4.70. The van der Waals surface area contributed by atoms with E-state index in [2.05, 4.69) is 17.5 Å². The number of aryl methyl sites for hydroxylation is 1. The summed E-state index contributed by atoms with van der Waals surface area (Å²) in [5, 5.41) is 3.16. The highest BCUT2D eigenvalue weighted by molar-refractivity contribution is 5.96. The van der Waals surface area contributed by atoms with Crippen molar-refractivity contribution in [3.8, 4) is 11.3 Å². The quantitative estimate of drug-likeness (QED) is 0.713. The van der Waals surface area contributed by atoms with Crippen LogP contribution in [0.15, 0.2) is 60.8 Å². The van der Waals surface area contributed by atoms with Crippen molar-refractivity contribution in [2.75, 3.05) is 5.32 Å². The number of pyridine rings is 1. The lowest BCUT2D eigenvalue weighted by molar-refractivity contribution is -0.120. The molecule has 0 unspecified atom stereocenters. The molecule has 4 rings (SSSR count). The van der Waals surface area contributed by atoms with Crippen LogP contribution in [-0.4, -0.2) is 15.3 Å². The fraction of sp³-hybridized carbons (Fsp3) is 0.238. The number of carbonyl (C=O) groups is 1. The van der Waals surface area contributed by atoms with Crippen LogP contribution in [0.2, 0.25) is 0 Å². The third kappa shape index (κ3) is 3.07. The first-order valence-electron chi connectivity index (χ1n) is 8.72. The lowest BCUT2D eigenvalue weighted by atomic mass is 9.93. The van der Waals surface area contributed by atoms with E-state index in [9.17, 15) is 4.79 Å². The SMILES string of the molecule is Cc1ccc2nc(-c3ccccc3)c(NC(=O)[C@H]3CC=CCC3)n2c1. The third-order valence-electron chi connectivity index (χ3n) is 4.70. The van der Waals surface area contributed by atoms with E-state index >= 15 is 0 Å². The number of imidazole rings is 1. The van der Waals surface area contributed by atoms with Gasteiger partial charge in [-0.1, -0.05) is 48.6 Å². The zero-order chi connectivity index (χ0) is 17.2. The molecule has 1 aromatic carbocycles. The van der Waals surface area contributed by atoms with E-state index in [1.54, 1.807) is 0 Å². The Hall–Kier alpha value is -2.88. The molecule has 0 aliphatic heterocycles. The van der Waals surface area contributed by atoms with Crippen LogP contribution >= 0.6 is 0 Å². The van der Waals surface area contributed by atoms with Crippen molar-refractivity contribution in [2.24, 2.45) is 5.92 Å². The smallest absolute Gasteiger partial charge is 0.228 e. The summed E-state index contributed by atoms with van der Waals surface area (Å²) >= 11 is 0. The largest absolute Gasteiger partial charge is 0.310 e. The number of hydrogen-bond acceptors (Lipinski definition) is 2. The van der Waals surface area contributed by atoms with Gasteiger partial charge in [0.1, 0.15) is 17.2 Å². The maximum absolute atomic E-state index is 12.8. The molecular formula is C21H21N3O. The van der Waals surface area contributed by atoms with Crippen LogP contribution in [0.5, 0.6) is 0 Å². The summed E-state index contributed by atoms with van der Waals surface area (Å²) in [5.74, 6) is 0.860. The molecule has 0 saturated carbocycles. The van der Waals surface area contributed by atoms with Gasteiger partial charge in [-0.05, 0) is 37.8 Å². The number of carbonyl (C=O) groups excluding carboxylic acids is 1. The van der Waals surface area contributed by atoms with E-state index in [1.807, 2.05) is 60.0 Å². The summed E-state index contributed by atoms with van der Waals surface area (Å²) in [7, 11) is 0. The molecule has 1 atom stereocenters. The first-order chi connectivity index (χ1) is 12.2. The number of fused-ring (bicyclic) bond motifs is 1. The summed E-state index contributed by atoms with van der Waals surface area (Å²) in [6, 6.07) is 14.0. The minimum absolute atomic E-state index is 0.0315. The lowest BCUT2D eigenvalue weighted by Gasteiger charge is -2.17. The fourth-order valence-electron chi connectivity index (χ4n) is 3.32. The minimum Gasteiger partial charge on any atom is -0.310 e. The van der Waals surface area contributed by atoms with Crippen molar-refractivity contribution < 1.29 is 4.79 Å². The number of nitrogens with zero attached hydrogens (tertiary/aromatic N) is 2. The van der Waals surface area contributed by atoms with E-state index < -0.39 is 0 Å². The van der Waals surface area contributed by atoms with Gasteiger partial charge in [-0.2, -0.15) is 0 Å². The van der Waals surface area contributed by atoms with Gasteiger partial charge in [0, 0.05) is 17.7 Å². The average molecular weight is 331 g/mol. The van der Waals surface area contributed by atoms with Crippen molar-refractivity contribution in [1.29, 1.82) is 0 Å². The molecule has 1 amide bonds. The number of nitrogens with one attached hydrogen (secondary N) is 1. The van der Waals surface area contributed by atoms with Gasteiger partial charge >= 0.3 is 0 Å². The number of hydrogen-bond donors (Lipinski definition) is 1. The van der Waals surface area contributed by atoms with E-state index in [0.717, 1.165) is 47.5 Å². The number of amides is 1. The van der Waals surface area contributed by atoms with Crippen LogP contribution in [0.4, 0.5) is 5.82 Å². The van der Waals surface area contributed by atoms with Gasteiger partial charge < -0.3 is 5.32 Å². The lowest BCUT2D eigenvalue weighted by Crippen LogP contribution is -2.24. The number of anilines is 1. The standard InChI is InChI=1S/C21H21N3O/c1-15-12-13-18-22-19(16-8-4-2-5-9-16)20(24(18)14-15)23-21(25)17-10-6-3-7-11-17/h2-6,8-9,12-14,17H,7,10-11H2,1H3,(H,23,25)/t17-/m0/s1. The van der Waals surface area contributed by atoms with Crippen LogP contribution in [0.25, 0.3) is 16.9 Å². The monoisotopic (exact) mass is 331 g/mol. The molecule has 25 heavy (non-hydrogen) atoms. The Morgan fingerprint density at radius 3 is 2.76 bits per heavy atom. The average Bonchev–Trinajstić information content (AvgIpc) is 3.01. The molecule has 1 N–H and O–H groups in total. The summed E-state index contributed by atoms with van der Waals surface area (Å²) < 4.78 is 1.98. The van der Waals surface area contributed by atoms with Crippen molar-refractivity contribution in [2.45, 2.75) is 26.2 Å². The summed E-state index contributed by atoms with van der Waals surface area (Å²) in [6.07, 6.45) is 8.95. The summed E-state index contributed by atoms with van der Waals surface area (Å²) in [5.41, 5.74) is 3.78. The van der Waals surface area contributed by atoms with Gasteiger partial charge in [-0.15, -0.1) is 0 Å². The van der Waals surface area contributed by atoms with E-state index in [4.69, 9.17) is 4.98 Å². The highest BCUT2D eigenvalue weighted by atomic mass is 16.2. The molecule has 3 aromatic rings. The van der Waals surface area contributed by atoms with Gasteiger partial charge in [-0.3, -0.25) is 9.20 Å². The van der Waals surface area contributed by atoms with Crippen LogP contribution in [0, 0.1) is 12.8 Å². The molecule has 0 bridgehead atoms. The molecule has 126 valence electrons. The number of aromatic nitrogens is 2. The maximum Gasteiger partial charge on any atom is 0.228 e. The van der Waals surface area contributed by atoms with E-state index in [0.29, 0.717) is 0 Å². The molecule has 0 fully saturated rings. The van der Waals surface area contributed by atoms with Gasteiger partial charge in [0.05, 0.1) is 0 Å². The minimum atomic E-state index is 0.0315. The highest BCUT2D eigenvalue weighted by Crippen LogP contribution is 2.30. The predicted molar refractivity (Wildman–Crippen MR) is 100 cm³/mol. The van der Waals surface area contributed by atoms with Crippen molar-refractivity contribution in [1.82, 2.24) is 9.38 Å². The normalized spacial score (nSPS) is 16.9. The molecule has 4 heteroatoms. The Kier molecular flexibility index (Phi) is 4.10. The van der Waals surface area contributed by atoms with Crippen LogP contribution in [-0.2, 0) is 4.79 Å². The van der Waals surface area contributed by atoms with Gasteiger partial charge in [0.15, 0.2) is 0 Å². The Bertz CT molecular complexity index is 940. The highest BCUT2D eigenvalue weighted by Gasteiger charge is 2.22. The first kappa shape index (κ1) is 15.6. The second-order valence-electron chi connectivity index (χ2n) is 6.58. The second-order valence-corrected chi connectivity index (χ2v) is 6.58. The van der Waals surface area contributed by atoms with Crippen molar-refractivity contribution >= 4 is 17.4 Å². The molecular weight excluding hydrogens is 310 g/mol. The van der Waals surface area contributed by atoms with Crippen molar-refractivity contribution in [3.05, 3.63) is 66.4 Å². The second kappa shape index (κ2) is 6.55. The predicted octanol–water partition coefficient (Wildman–Crippen LogP) is 4.60. The van der Waals surface area contributed by atoms with Crippen LogP contribution < -0.4 is 5.32 Å². The van der Waals surface area contributed by atoms with Crippen LogP contribution in [0.1, 0.15) is 24.8 Å². The zero-order valence-corrected chi connectivity index (χ0v) is 14.3. The van der Waals surface area contributed by atoms with Gasteiger partial charge in [0.25, 0.3) is 0 Å². The molecule has 2 heterocycles. The topological polar surface area (TPSA) is 46.4 Å². The fourth-order valence-corrected chi connectivity index (χ4v) is 3.32. The van der Waals surface area contributed by atoms with E-state index in [1.165, 1.54) is 0 Å². The Labute approximate surface area is 147 Å². The number of allylic oxidation sites excluding steroid dienone is 2. The molecule has 1 aliphatic rings. The van der Waals surface area contributed by atoms with Gasteiger partial charge in [0.2, 0.25) is 5.91 Å². The maximum atomic E-state index is 12.8. The van der Waals surface area contributed by atoms with E-state index in [-0.39, 0.29) is 11.8 Å². The first-order valence-corrected chi connectivity index (χ1v) is 8.72. The van der Waals surface area contributed by atoms with Gasteiger partial charge in [-0.25, -0.2) is 4.98 Å². The molecule has 0 radical (unpaired) electrons. The zero-order valence-electron chi connectivity index (χ0n) is 14.3. The molecule has 0 saturated heterocycles. The van der Waals surface area contributed by atoms with Crippen molar-refractivity contribution in [3.63, 3.8) is 0 Å². The Morgan fingerprint density at radius 1 is 1.16 bits per heavy atom.